The molecule has 2 saturated carbocycles. The van der Waals surface area contributed by atoms with Crippen LogP contribution < -0.4 is 5.73 Å². The highest BCUT2D eigenvalue weighted by Crippen LogP contribution is 2.46. The molecule has 0 unspecified atom stereocenters. The number of ether oxygens (including phenoxy) is 5. The Morgan fingerprint density at radius 2 is 1.32 bits per heavy atom. The Hall–Kier alpha value is -2.46. The van der Waals surface area contributed by atoms with Gasteiger partial charge in [-0.15, -0.1) is 0 Å². The van der Waals surface area contributed by atoms with E-state index >= 15 is 8.78 Å². The number of hydrogen-bond donors (Lipinski definition) is 1. The third-order valence-electron chi connectivity index (χ3n) is 9.79. The van der Waals surface area contributed by atoms with E-state index in [9.17, 15) is 26.7 Å². The van der Waals surface area contributed by atoms with Crippen LogP contribution in [0.3, 0.4) is 0 Å². The second-order valence-corrected chi connectivity index (χ2v) is 12.6. The molecular formula is C32H40F7NO7. The predicted octanol–water partition coefficient (Wildman–Crippen LogP) is 7.25. The highest BCUT2D eigenvalue weighted by atomic mass is 19.4. The van der Waals surface area contributed by atoms with Crippen LogP contribution in [0.4, 0.5) is 30.7 Å². The van der Waals surface area contributed by atoms with Gasteiger partial charge in [0.2, 0.25) is 5.76 Å². The van der Waals surface area contributed by atoms with Crippen LogP contribution in [0.1, 0.15) is 79.5 Å². The molecule has 8 nitrogen and oxygen atoms in total. The lowest BCUT2D eigenvalue weighted by atomic mass is 9.79. The van der Waals surface area contributed by atoms with Gasteiger partial charge < -0.3 is 33.8 Å². The molecule has 0 radical (unpaired) electrons. The highest BCUT2D eigenvalue weighted by molar-refractivity contribution is 5.96. The molecule has 1 aromatic carbocycles. The van der Waals surface area contributed by atoms with Crippen LogP contribution in [0.15, 0.2) is 22.6 Å². The molecule has 2 aliphatic carbocycles. The van der Waals surface area contributed by atoms with Crippen LogP contribution >= 0.6 is 0 Å². The fraction of sp³-hybridized carbons (Fsp3) is 0.719. The largest absolute Gasteiger partial charge is 0.463 e. The van der Waals surface area contributed by atoms with Gasteiger partial charge in [-0.1, -0.05) is 0 Å². The number of furan rings is 1. The average Bonchev–Trinajstić information content (AvgIpc) is 3.79. The summed E-state index contributed by atoms with van der Waals surface area (Å²) in [5.41, 5.74) is 4.11. The zero-order chi connectivity index (χ0) is 34.1. The van der Waals surface area contributed by atoms with E-state index in [4.69, 9.17) is 29.1 Å². The second-order valence-electron chi connectivity index (χ2n) is 12.6. The summed E-state index contributed by atoms with van der Waals surface area (Å²) in [5, 5.41) is -0.0219. The lowest BCUT2D eigenvalue weighted by Gasteiger charge is -2.38. The Morgan fingerprint density at radius 1 is 0.830 bits per heavy atom. The van der Waals surface area contributed by atoms with Crippen LogP contribution in [0.2, 0.25) is 0 Å². The van der Waals surface area contributed by atoms with Crippen LogP contribution in [0, 0.1) is 11.8 Å². The van der Waals surface area contributed by atoms with Gasteiger partial charge in [0.25, 0.3) is 11.8 Å². The molecule has 0 atom stereocenters. The van der Waals surface area contributed by atoms with Crippen LogP contribution in [-0.4, -0.2) is 69.5 Å². The summed E-state index contributed by atoms with van der Waals surface area (Å²) < 4.78 is 128. The number of rotatable bonds is 7. The number of halogens is 7. The lowest BCUT2D eigenvalue weighted by molar-refractivity contribution is -0.199. The van der Waals surface area contributed by atoms with Crippen molar-refractivity contribution in [3.05, 3.63) is 35.1 Å². The SMILES string of the molecule is COC(=O)c1oc2ccc(C(F)(F)F)cc2c1CCC(F)(F)C1CCC2(CC1)OCCO2.NCC(F)(F)C1CCC2(CC1)OCCO2. The Bertz CT molecular complexity index is 1360. The number of benzene rings is 1. The average molecular weight is 684 g/mol. The number of nitrogens with two attached hydrogens (primary N) is 1. The van der Waals surface area contributed by atoms with Gasteiger partial charge in [0.15, 0.2) is 11.6 Å². The quantitative estimate of drug-likeness (QED) is 0.241. The first-order valence-electron chi connectivity index (χ1n) is 15.9. The van der Waals surface area contributed by atoms with E-state index in [1.807, 2.05) is 0 Å². The van der Waals surface area contributed by atoms with Crippen LogP contribution in [-0.2, 0) is 36.3 Å². The molecule has 3 heterocycles. The van der Waals surface area contributed by atoms with E-state index in [1.165, 1.54) is 0 Å². The molecule has 2 aromatic rings. The van der Waals surface area contributed by atoms with Gasteiger partial charge in [-0.25, -0.2) is 22.4 Å². The molecule has 4 aliphatic rings. The second kappa shape index (κ2) is 13.8. The standard InChI is InChI=1S/C22H23F5O5.C10H17F2NO2/c1-29-19(28)18-15(16-12-14(22(25,26)27)2-3-17(16)32-18)6-9-21(23,24)13-4-7-20(8-5-13)30-10-11-31-20;11-10(12,7-13)8-1-3-9(4-2-8)14-5-6-15-9/h2-3,12-13H,4-11H2,1H3;8H,1-7,13H2. The van der Waals surface area contributed by atoms with E-state index in [-0.39, 0.29) is 41.6 Å². The highest BCUT2D eigenvalue weighted by Gasteiger charge is 2.49. The molecule has 2 spiro atoms. The number of aryl methyl sites for hydroxylation is 1. The summed E-state index contributed by atoms with van der Waals surface area (Å²) in [5.74, 6) is -9.94. The molecule has 264 valence electrons. The van der Waals surface area contributed by atoms with Crippen molar-refractivity contribution in [1.29, 1.82) is 0 Å². The maximum absolute atomic E-state index is 15.1. The molecule has 47 heavy (non-hydrogen) atoms. The number of alkyl halides is 7. The first-order chi connectivity index (χ1) is 22.1. The third kappa shape index (κ3) is 7.90. The Kier molecular flexibility index (Phi) is 10.5. The van der Waals surface area contributed by atoms with Crippen molar-refractivity contribution in [3.8, 4) is 0 Å². The number of carbonyl (C=O) groups is 1. The van der Waals surface area contributed by atoms with Crippen molar-refractivity contribution < 1.29 is 63.6 Å². The van der Waals surface area contributed by atoms with Crippen molar-refractivity contribution in [2.75, 3.05) is 40.1 Å². The summed E-state index contributed by atoms with van der Waals surface area (Å²) >= 11 is 0. The normalized spacial score (nSPS) is 23.3. The van der Waals surface area contributed by atoms with E-state index in [0.29, 0.717) is 65.0 Å². The van der Waals surface area contributed by atoms with E-state index in [1.54, 1.807) is 0 Å². The smallest absolute Gasteiger partial charge is 0.416 e. The minimum atomic E-state index is -4.62. The Labute approximate surface area is 267 Å². The molecule has 0 bridgehead atoms. The fourth-order valence-corrected chi connectivity index (χ4v) is 7.02. The predicted molar refractivity (Wildman–Crippen MR) is 153 cm³/mol. The summed E-state index contributed by atoms with van der Waals surface area (Å²) in [4.78, 5) is 12.1. The molecule has 6 rings (SSSR count). The molecule has 15 heteroatoms. The molecule has 4 fully saturated rings. The number of esters is 1. The van der Waals surface area contributed by atoms with E-state index in [0.717, 1.165) is 25.3 Å². The zero-order valence-electron chi connectivity index (χ0n) is 26.1. The number of fused-ring (bicyclic) bond motifs is 1. The van der Waals surface area contributed by atoms with E-state index in [2.05, 4.69) is 4.74 Å². The topological polar surface area (TPSA) is 102 Å². The van der Waals surface area contributed by atoms with Crippen molar-refractivity contribution >= 4 is 16.9 Å². The summed E-state index contributed by atoms with van der Waals surface area (Å²) in [7, 11) is 1.08. The fourth-order valence-electron chi connectivity index (χ4n) is 7.02. The van der Waals surface area contributed by atoms with Gasteiger partial charge in [-0.2, -0.15) is 13.2 Å². The van der Waals surface area contributed by atoms with Gasteiger partial charge in [0, 0.05) is 54.9 Å². The molecule has 2 N–H and O–H groups in total. The maximum atomic E-state index is 15.1. The summed E-state index contributed by atoms with van der Waals surface area (Å²) in [6.07, 6.45) is -2.45. The van der Waals surface area contributed by atoms with Gasteiger partial charge in [0.1, 0.15) is 5.58 Å². The third-order valence-corrected chi connectivity index (χ3v) is 9.79. The van der Waals surface area contributed by atoms with Crippen molar-refractivity contribution in [2.45, 2.75) is 93.8 Å². The number of hydrogen-bond acceptors (Lipinski definition) is 8. The minimum Gasteiger partial charge on any atom is -0.463 e. The van der Waals surface area contributed by atoms with Gasteiger partial charge in [-0.3, -0.25) is 0 Å². The maximum Gasteiger partial charge on any atom is 0.416 e. The van der Waals surface area contributed by atoms with Gasteiger partial charge in [-0.05, 0) is 50.3 Å². The zero-order valence-corrected chi connectivity index (χ0v) is 26.1. The number of methoxy groups -OCH3 is 1. The Morgan fingerprint density at radius 3 is 1.77 bits per heavy atom. The first kappa shape index (κ1) is 35.8. The number of carbonyl (C=O) groups excluding carboxylic acids is 1. The Balaban J connectivity index is 0.000000241. The molecule has 2 saturated heterocycles. The van der Waals surface area contributed by atoms with Crippen molar-refractivity contribution in [3.63, 3.8) is 0 Å². The summed E-state index contributed by atoms with van der Waals surface area (Å²) in [6.45, 7) is 1.50. The molecule has 0 amide bonds. The first-order valence-corrected chi connectivity index (χ1v) is 15.9. The summed E-state index contributed by atoms with van der Waals surface area (Å²) in [6, 6.07) is 2.71. The van der Waals surface area contributed by atoms with Crippen LogP contribution in [0.25, 0.3) is 11.0 Å². The molecular weight excluding hydrogens is 643 g/mol. The van der Waals surface area contributed by atoms with Crippen molar-refractivity contribution in [1.82, 2.24) is 0 Å². The monoisotopic (exact) mass is 683 g/mol. The molecule has 2 aliphatic heterocycles. The van der Waals surface area contributed by atoms with Crippen LogP contribution in [0.5, 0.6) is 0 Å². The lowest BCUT2D eigenvalue weighted by Crippen LogP contribution is -2.43. The van der Waals surface area contributed by atoms with Crippen molar-refractivity contribution in [2.24, 2.45) is 17.6 Å². The van der Waals surface area contributed by atoms with Gasteiger partial charge in [0.05, 0.1) is 45.6 Å². The minimum absolute atomic E-state index is 0.00635. The van der Waals surface area contributed by atoms with E-state index < -0.39 is 65.9 Å². The molecule has 1 aromatic heterocycles. The van der Waals surface area contributed by atoms with Gasteiger partial charge >= 0.3 is 12.1 Å².